The lowest BCUT2D eigenvalue weighted by atomic mass is 10.1. The summed E-state index contributed by atoms with van der Waals surface area (Å²) < 4.78 is 1.66. The molecule has 0 amide bonds. The zero-order valence-corrected chi connectivity index (χ0v) is 10.1. The Labute approximate surface area is 92.8 Å². The van der Waals surface area contributed by atoms with Crippen molar-refractivity contribution in [3.63, 3.8) is 0 Å². The van der Waals surface area contributed by atoms with Gasteiger partial charge in [0, 0.05) is 19.3 Å². The second-order valence-electron chi connectivity index (χ2n) is 2.41. The molecule has 4 heteroatoms. The quantitative estimate of drug-likeness (QED) is 0.485. The average molecular weight is 340 g/mol. The van der Waals surface area contributed by atoms with Gasteiger partial charge < -0.3 is 5.73 Å². The Morgan fingerprint density at radius 3 is 2.67 bits per heavy atom. The third-order valence-corrected chi connectivity index (χ3v) is 3.04. The van der Waals surface area contributed by atoms with Crippen molar-refractivity contribution in [1.82, 2.24) is 0 Å². The van der Waals surface area contributed by atoms with Crippen molar-refractivity contribution < 1.29 is 4.79 Å². The van der Waals surface area contributed by atoms with Crippen LogP contribution in [0.15, 0.2) is 16.6 Å². The minimum atomic E-state index is 0.0556. The Morgan fingerprint density at radius 1 is 1.58 bits per heavy atom. The van der Waals surface area contributed by atoms with Gasteiger partial charge in [-0.1, -0.05) is 0 Å². The molecule has 12 heavy (non-hydrogen) atoms. The molecule has 0 saturated carbocycles. The highest BCUT2D eigenvalue weighted by molar-refractivity contribution is 14.1. The van der Waals surface area contributed by atoms with Gasteiger partial charge in [-0.2, -0.15) is 0 Å². The van der Waals surface area contributed by atoms with Gasteiger partial charge in [0.1, 0.15) is 0 Å². The van der Waals surface area contributed by atoms with Crippen LogP contribution < -0.4 is 5.73 Å². The monoisotopic (exact) mass is 339 g/mol. The smallest absolute Gasteiger partial charge is 0.160 e. The van der Waals surface area contributed by atoms with Crippen molar-refractivity contribution in [2.75, 3.05) is 5.73 Å². The summed E-state index contributed by atoms with van der Waals surface area (Å²) in [4.78, 5) is 11.1. The van der Waals surface area contributed by atoms with E-state index in [2.05, 4.69) is 38.5 Å². The zero-order chi connectivity index (χ0) is 9.30. The molecule has 0 radical (unpaired) electrons. The molecule has 0 fully saturated rings. The maximum absolute atomic E-state index is 11.1. The van der Waals surface area contributed by atoms with Gasteiger partial charge in [-0.25, -0.2) is 0 Å². The third-order valence-electron chi connectivity index (χ3n) is 1.47. The molecule has 0 unspecified atom stereocenters. The van der Waals surface area contributed by atoms with Crippen LogP contribution in [0.5, 0.6) is 0 Å². The maximum atomic E-state index is 11.1. The van der Waals surface area contributed by atoms with Gasteiger partial charge in [0.15, 0.2) is 5.78 Å². The number of carbonyl (C=O) groups excluding carboxylic acids is 1. The summed E-state index contributed by atoms with van der Waals surface area (Å²) in [5.41, 5.74) is 6.99. The van der Waals surface area contributed by atoms with Crippen molar-refractivity contribution in [2.45, 2.75) is 6.92 Å². The molecule has 64 valence electrons. The van der Waals surface area contributed by atoms with Crippen LogP contribution in [0.3, 0.4) is 0 Å². The Hall–Kier alpha value is -0.100. The second kappa shape index (κ2) is 3.74. The molecule has 0 spiro atoms. The SMILES string of the molecule is CC(=O)c1cc(Br)c(N)cc1I. The summed E-state index contributed by atoms with van der Waals surface area (Å²) in [5.74, 6) is 0.0556. The molecular formula is C8H7BrINO. The van der Waals surface area contributed by atoms with E-state index >= 15 is 0 Å². The predicted octanol–water partition coefficient (Wildman–Crippen LogP) is 2.84. The van der Waals surface area contributed by atoms with Crippen molar-refractivity contribution in [3.05, 3.63) is 25.7 Å². The van der Waals surface area contributed by atoms with E-state index in [1.807, 2.05) is 0 Å². The molecule has 2 N–H and O–H groups in total. The largest absolute Gasteiger partial charge is 0.398 e. The van der Waals surface area contributed by atoms with Crippen LogP contribution >= 0.6 is 38.5 Å². The Balaban J connectivity index is 3.33. The number of Topliss-reactive ketones (excluding diaryl/α,β-unsaturated/α-hetero) is 1. The summed E-state index contributed by atoms with van der Waals surface area (Å²) in [6.45, 7) is 1.54. The number of nitrogen functional groups attached to an aromatic ring is 1. The molecule has 0 atom stereocenters. The van der Waals surface area contributed by atoms with Crippen LogP contribution in [0.25, 0.3) is 0 Å². The Kier molecular flexibility index (Phi) is 3.11. The number of rotatable bonds is 1. The third kappa shape index (κ3) is 1.98. The average Bonchev–Trinajstić information content (AvgIpc) is 1.96. The minimum Gasteiger partial charge on any atom is -0.398 e. The zero-order valence-electron chi connectivity index (χ0n) is 6.40. The molecule has 0 aliphatic carbocycles. The summed E-state index contributed by atoms with van der Waals surface area (Å²) in [6, 6.07) is 3.53. The molecule has 1 aromatic carbocycles. The summed E-state index contributed by atoms with van der Waals surface area (Å²) in [7, 11) is 0. The molecule has 2 nitrogen and oxygen atoms in total. The fourth-order valence-corrected chi connectivity index (χ4v) is 2.05. The van der Waals surface area contributed by atoms with Crippen LogP contribution in [0.4, 0.5) is 5.69 Å². The van der Waals surface area contributed by atoms with Gasteiger partial charge in [-0.05, 0) is 57.6 Å². The van der Waals surface area contributed by atoms with Crippen LogP contribution in [0.1, 0.15) is 17.3 Å². The normalized spacial score (nSPS) is 9.92. The predicted molar refractivity (Wildman–Crippen MR) is 61.3 cm³/mol. The highest BCUT2D eigenvalue weighted by atomic mass is 127. The number of nitrogens with two attached hydrogens (primary N) is 1. The van der Waals surface area contributed by atoms with E-state index in [1.165, 1.54) is 0 Å². The summed E-state index contributed by atoms with van der Waals surface area (Å²) in [5, 5.41) is 0. The first-order chi connectivity index (χ1) is 5.52. The second-order valence-corrected chi connectivity index (χ2v) is 4.43. The van der Waals surface area contributed by atoms with Gasteiger partial charge in [0.05, 0.1) is 0 Å². The van der Waals surface area contributed by atoms with Gasteiger partial charge in [0.25, 0.3) is 0 Å². The number of halogens is 2. The topological polar surface area (TPSA) is 43.1 Å². The van der Waals surface area contributed by atoms with E-state index in [0.29, 0.717) is 11.3 Å². The van der Waals surface area contributed by atoms with E-state index in [1.54, 1.807) is 19.1 Å². The highest BCUT2D eigenvalue weighted by Crippen LogP contribution is 2.25. The highest BCUT2D eigenvalue weighted by Gasteiger charge is 2.07. The molecule has 0 aromatic heterocycles. The summed E-state index contributed by atoms with van der Waals surface area (Å²) >= 11 is 5.36. The van der Waals surface area contributed by atoms with E-state index in [9.17, 15) is 4.79 Å². The van der Waals surface area contributed by atoms with E-state index in [4.69, 9.17) is 5.73 Å². The molecule has 0 bridgehead atoms. The molecule has 0 heterocycles. The van der Waals surface area contributed by atoms with Crippen LogP contribution in [0.2, 0.25) is 0 Å². The van der Waals surface area contributed by atoms with Gasteiger partial charge >= 0.3 is 0 Å². The number of anilines is 1. The Bertz CT molecular complexity index is 338. The lowest BCUT2D eigenvalue weighted by Crippen LogP contribution is -1.98. The lowest BCUT2D eigenvalue weighted by molar-refractivity contribution is 0.101. The number of carbonyl (C=O) groups is 1. The first-order valence-electron chi connectivity index (χ1n) is 3.28. The molecule has 1 aromatic rings. The molecular weight excluding hydrogens is 333 g/mol. The van der Waals surface area contributed by atoms with Crippen molar-refractivity contribution in [2.24, 2.45) is 0 Å². The number of hydrogen-bond donors (Lipinski definition) is 1. The number of hydrogen-bond acceptors (Lipinski definition) is 2. The van der Waals surface area contributed by atoms with Crippen molar-refractivity contribution in [1.29, 1.82) is 0 Å². The van der Waals surface area contributed by atoms with Crippen LogP contribution in [0, 0.1) is 3.57 Å². The van der Waals surface area contributed by atoms with E-state index in [0.717, 1.165) is 8.04 Å². The fourth-order valence-electron chi connectivity index (χ4n) is 0.832. The molecule has 0 saturated heterocycles. The van der Waals surface area contributed by atoms with E-state index in [-0.39, 0.29) is 5.78 Å². The van der Waals surface area contributed by atoms with Gasteiger partial charge in [-0.15, -0.1) is 0 Å². The lowest BCUT2D eigenvalue weighted by Gasteiger charge is -2.03. The Morgan fingerprint density at radius 2 is 2.17 bits per heavy atom. The van der Waals surface area contributed by atoms with E-state index < -0.39 is 0 Å². The fraction of sp³-hybridized carbons (Fsp3) is 0.125. The van der Waals surface area contributed by atoms with Gasteiger partial charge in [-0.3, -0.25) is 4.79 Å². The molecule has 0 aliphatic rings. The summed E-state index contributed by atoms with van der Waals surface area (Å²) in [6.07, 6.45) is 0. The first kappa shape index (κ1) is 9.98. The van der Waals surface area contributed by atoms with Gasteiger partial charge in [0.2, 0.25) is 0 Å². The first-order valence-corrected chi connectivity index (χ1v) is 5.15. The van der Waals surface area contributed by atoms with Crippen molar-refractivity contribution in [3.8, 4) is 0 Å². The van der Waals surface area contributed by atoms with Crippen molar-refractivity contribution >= 4 is 50.0 Å². The van der Waals surface area contributed by atoms with Crippen LogP contribution in [-0.2, 0) is 0 Å². The molecule has 0 aliphatic heterocycles. The number of benzene rings is 1. The standard InChI is InChI=1S/C8H7BrINO/c1-4(12)5-2-6(9)8(11)3-7(5)10/h2-3H,11H2,1H3. The molecule has 1 rings (SSSR count). The number of ketones is 1. The minimum absolute atomic E-state index is 0.0556. The maximum Gasteiger partial charge on any atom is 0.160 e. The van der Waals surface area contributed by atoms with Crippen LogP contribution in [-0.4, -0.2) is 5.78 Å².